The van der Waals surface area contributed by atoms with Crippen molar-refractivity contribution in [3.8, 4) is 6.07 Å². The van der Waals surface area contributed by atoms with E-state index < -0.39 is 21.7 Å². The first-order valence-electron chi connectivity index (χ1n) is 7.33. The molecule has 2 rings (SSSR count). The number of carbonyl (C=O) groups excluding carboxylic acids is 1. The third kappa shape index (κ3) is 5.29. The molecule has 0 atom stereocenters. The van der Waals surface area contributed by atoms with Gasteiger partial charge in [0.2, 0.25) is 15.9 Å². The van der Waals surface area contributed by atoms with Gasteiger partial charge in [-0.15, -0.1) is 0 Å². The summed E-state index contributed by atoms with van der Waals surface area (Å²) < 4.78 is 38.2. The molecular weight excluding hydrogens is 345 g/mol. The van der Waals surface area contributed by atoms with Crippen molar-refractivity contribution in [2.75, 3.05) is 22.4 Å². The van der Waals surface area contributed by atoms with E-state index in [1.54, 1.807) is 24.3 Å². The van der Waals surface area contributed by atoms with Gasteiger partial charge in [0.05, 0.1) is 23.6 Å². The average Bonchev–Trinajstić information content (AvgIpc) is 2.54. The SMILES string of the molecule is CS(=O)(=O)N(CCC(=O)Nc1ccc(C#N)cc1)c1cccc(F)c1. The Morgan fingerprint density at radius 1 is 1.24 bits per heavy atom. The first kappa shape index (κ1) is 18.4. The normalized spacial score (nSPS) is 10.8. The lowest BCUT2D eigenvalue weighted by Gasteiger charge is -2.22. The fourth-order valence-corrected chi connectivity index (χ4v) is 3.09. The summed E-state index contributed by atoms with van der Waals surface area (Å²) >= 11 is 0. The molecule has 0 aromatic heterocycles. The lowest BCUT2D eigenvalue weighted by molar-refractivity contribution is -0.116. The van der Waals surface area contributed by atoms with Gasteiger partial charge >= 0.3 is 0 Å². The summed E-state index contributed by atoms with van der Waals surface area (Å²) in [6.07, 6.45) is 0.889. The number of hydrogen-bond acceptors (Lipinski definition) is 4. The first-order chi connectivity index (χ1) is 11.8. The Morgan fingerprint density at radius 3 is 2.48 bits per heavy atom. The number of benzene rings is 2. The molecule has 0 aliphatic rings. The molecule has 1 N–H and O–H groups in total. The van der Waals surface area contributed by atoms with E-state index in [0.717, 1.165) is 16.6 Å². The molecule has 0 spiro atoms. The fourth-order valence-electron chi connectivity index (χ4n) is 2.17. The highest BCUT2D eigenvalue weighted by Gasteiger charge is 2.19. The molecule has 2 aromatic carbocycles. The number of halogens is 1. The van der Waals surface area contributed by atoms with E-state index in [9.17, 15) is 17.6 Å². The number of nitrogens with zero attached hydrogens (tertiary/aromatic N) is 2. The van der Waals surface area contributed by atoms with E-state index in [0.29, 0.717) is 11.3 Å². The number of hydrogen-bond donors (Lipinski definition) is 1. The maximum absolute atomic E-state index is 13.3. The zero-order chi connectivity index (χ0) is 18.4. The standard InChI is InChI=1S/C17H16FN3O3S/c1-25(23,24)21(16-4-2-3-14(18)11-16)10-9-17(22)20-15-7-5-13(12-19)6-8-15/h2-8,11H,9-10H2,1H3,(H,20,22). The summed E-state index contributed by atoms with van der Waals surface area (Å²) in [4.78, 5) is 12.0. The Kier molecular flexibility index (Phi) is 5.72. The van der Waals surface area contributed by atoms with Crippen LogP contribution in [0.2, 0.25) is 0 Å². The van der Waals surface area contributed by atoms with Gasteiger partial charge in [-0.2, -0.15) is 5.26 Å². The molecule has 0 heterocycles. The summed E-state index contributed by atoms with van der Waals surface area (Å²) in [6.45, 7) is -0.121. The van der Waals surface area contributed by atoms with Crippen LogP contribution in [0.15, 0.2) is 48.5 Å². The molecule has 1 amide bonds. The number of carbonyl (C=O) groups is 1. The van der Waals surface area contributed by atoms with E-state index >= 15 is 0 Å². The lowest BCUT2D eigenvalue weighted by atomic mass is 10.2. The second kappa shape index (κ2) is 7.77. The van der Waals surface area contributed by atoms with Crippen LogP contribution in [0, 0.1) is 17.1 Å². The minimum atomic E-state index is -3.66. The molecule has 2 aromatic rings. The van der Waals surface area contributed by atoms with Crippen LogP contribution in [0.25, 0.3) is 0 Å². The topological polar surface area (TPSA) is 90.3 Å². The number of rotatable bonds is 6. The molecule has 0 unspecified atom stereocenters. The van der Waals surface area contributed by atoms with Gasteiger partial charge in [0, 0.05) is 18.7 Å². The molecular formula is C17H16FN3O3S. The molecule has 0 radical (unpaired) electrons. The Labute approximate surface area is 145 Å². The zero-order valence-corrected chi connectivity index (χ0v) is 14.3. The Hall–Kier alpha value is -2.92. The largest absolute Gasteiger partial charge is 0.326 e. The van der Waals surface area contributed by atoms with Crippen molar-refractivity contribution in [1.29, 1.82) is 5.26 Å². The second-order valence-electron chi connectivity index (χ2n) is 5.30. The highest BCUT2D eigenvalue weighted by molar-refractivity contribution is 7.92. The summed E-state index contributed by atoms with van der Waals surface area (Å²) in [7, 11) is -3.66. The third-order valence-electron chi connectivity index (χ3n) is 3.34. The van der Waals surface area contributed by atoms with Crippen LogP contribution in [0.5, 0.6) is 0 Å². The lowest BCUT2D eigenvalue weighted by Crippen LogP contribution is -2.33. The predicted octanol–water partition coefficient (Wildman–Crippen LogP) is 2.49. The molecule has 8 heteroatoms. The molecule has 0 fully saturated rings. The average molecular weight is 361 g/mol. The monoisotopic (exact) mass is 361 g/mol. The zero-order valence-electron chi connectivity index (χ0n) is 13.4. The van der Waals surface area contributed by atoms with E-state index in [1.165, 1.54) is 18.2 Å². The van der Waals surface area contributed by atoms with Gasteiger partial charge in [-0.05, 0) is 42.5 Å². The number of nitrogens with one attached hydrogen (secondary N) is 1. The number of nitriles is 1. The van der Waals surface area contributed by atoms with Crippen molar-refractivity contribution in [2.45, 2.75) is 6.42 Å². The smallest absolute Gasteiger partial charge is 0.232 e. The van der Waals surface area contributed by atoms with Gasteiger partial charge in [-0.1, -0.05) is 6.07 Å². The quantitative estimate of drug-likeness (QED) is 0.856. The van der Waals surface area contributed by atoms with Crippen molar-refractivity contribution < 1.29 is 17.6 Å². The van der Waals surface area contributed by atoms with Crippen LogP contribution in [0.1, 0.15) is 12.0 Å². The summed E-state index contributed by atoms with van der Waals surface area (Å²) in [6, 6.07) is 13.4. The van der Waals surface area contributed by atoms with Crippen molar-refractivity contribution in [2.24, 2.45) is 0 Å². The molecule has 0 aliphatic heterocycles. The van der Waals surface area contributed by atoms with Crippen molar-refractivity contribution in [1.82, 2.24) is 0 Å². The van der Waals surface area contributed by atoms with Crippen LogP contribution in [0.4, 0.5) is 15.8 Å². The summed E-state index contributed by atoms with van der Waals surface area (Å²) in [5.41, 5.74) is 1.13. The number of sulfonamides is 1. The Balaban J connectivity index is 2.05. The summed E-state index contributed by atoms with van der Waals surface area (Å²) in [5.74, 6) is -0.956. The van der Waals surface area contributed by atoms with Gasteiger partial charge in [0.15, 0.2) is 0 Å². The first-order valence-corrected chi connectivity index (χ1v) is 9.18. The maximum atomic E-state index is 13.3. The summed E-state index contributed by atoms with van der Waals surface area (Å²) in [5, 5.41) is 11.4. The van der Waals surface area contributed by atoms with Crippen molar-refractivity contribution in [3.63, 3.8) is 0 Å². The third-order valence-corrected chi connectivity index (χ3v) is 4.53. The van der Waals surface area contributed by atoms with Gasteiger partial charge in [0.1, 0.15) is 5.82 Å². The molecule has 0 aliphatic carbocycles. The highest BCUT2D eigenvalue weighted by Crippen LogP contribution is 2.19. The molecule has 0 saturated carbocycles. The van der Waals surface area contributed by atoms with E-state index in [1.807, 2.05) is 6.07 Å². The van der Waals surface area contributed by atoms with Gasteiger partial charge in [-0.3, -0.25) is 9.10 Å². The van der Waals surface area contributed by atoms with Crippen LogP contribution in [-0.4, -0.2) is 27.1 Å². The van der Waals surface area contributed by atoms with Crippen LogP contribution in [0.3, 0.4) is 0 Å². The van der Waals surface area contributed by atoms with Crippen molar-refractivity contribution >= 4 is 27.3 Å². The molecule has 0 bridgehead atoms. The molecule has 0 saturated heterocycles. The van der Waals surface area contributed by atoms with Crippen LogP contribution >= 0.6 is 0 Å². The second-order valence-corrected chi connectivity index (χ2v) is 7.21. The predicted molar refractivity (Wildman–Crippen MR) is 93.0 cm³/mol. The van der Waals surface area contributed by atoms with Gasteiger partial charge in [-0.25, -0.2) is 12.8 Å². The van der Waals surface area contributed by atoms with Gasteiger partial charge in [0.25, 0.3) is 0 Å². The maximum Gasteiger partial charge on any atom is 0.232 e. The van der Waals surface area contributed by atoms with Crippen LogP contribution < -0.4 is 9.62 Å². The Morgan fingerprint density at radius 2 is 1.92 bits per heavy atom. The van der Waals surface area contributed by atoms with Crippen LogP contribution in [-0.2, 0) is 14.8 Å². The van der Waals surface area contributed by atoms with E-state index in [-0.39, 0.29) is 18.7 Å². The molecule has 130 valence electrons. The van der Waals surface area contributed by atoms with Crippen molar-refractivity contribution in [3.05, 3.63) is 59.9 Å². The number of anilines is 2. The number of amides is 1. The molecule has 6 nitrogen and oxygen atoms in total. The minimum absolute atomic E-state index is 0.108. The fraction of sp³-hybridized carbons (Fsp3) is 0.176. The minimum Gasteiger partial charge on any atom is -0.326 e. The van der Waals surface area contributed by atoms with E-state index in [4.69, 9.17) is 5.26 Å². The highest BCUT2D eigenvalue weighted by atomic mass is 32.2. The van der Waals surface area contributed by atoms with E-state index in [2.05, 4.69) is 5.32 Å². The Bertz CT molecular complexity index is 905. The van der Waals surface area contributed by atoms with Gasteiger partial charge < -0.3 is 5.32 Å². The molecule has 25 heavy (non-hydrogen) atoms.